The molecular weight excluding hydrogens is 481 g/mol. The van der Waals surface area contributed by atoms with Crippen LogP contribution in [0.2, 0.25) is 0 Å². The molecule has 1 fully saturated rings. The standard InChI is InChI=1S/C21H31N5S.HI/c1-16-17(2)27-20(25-16)14-24-21(22-3)23-13-19-10-12-26(15-19)11-9-18-7-5-4-6-8-18;/h4-8,19H,9-15H2,1-3H3,(H2,22,23,24);1H. The van der Waals surface area contributed by atoms with E-state index in [4.69, 9.17) is 0 Å². The fourth-order valence-corrected chi connectivity index (χ4v) is 4.32. The summed E-state index contributed by atoms with van der Waals surface area (Å²) in [6, 6.07) is 10.8. The third-order valence-electron chi connectivity index (χ3n) is 5.19. The molecule has 0 radical (unpaired) electrons. The summed E-state index contributed by atoms with van der Waals surface area (Å²) in [5.41, 5.74) is 2.55. The molecule has 1 saturated heterocycles. The number of nitrogens with zero attached hydrogens (tertiary/aromatic N) is 3. The molecule has 28 heavy (non-hydrogen) atoms. The largest absolute Gasteiger partial charge is 0.356 e. The van der Waals surface area contributed by atoms with Gasteiger partial charge in [0, 0.05) is 31.6 Å². The van der Waals surface area contributed by atoms with E-state index in [0.717, 1.165) is 42.7 Å². The van der Waals surface area contributed by atoms with Crippen molar-refractivity contribution in [2.45, 2.75) is 33.2 Å². The zero-order valence-corrected chi connectivity index (χ0v) is 20.2. The van der Waals surface area contributed by atoms with Crippen LogP contribution in [0.1, 0.15) is 27.6 Å². The lowest BCUT2D eigenvalue weighted by atomic mass is 10.1. The van der Waals surface area contributed by atoms with Gasteiger partial charge >= 0.3 is 0 Å². The van der Waals surface area contributed by atoms with Gasteiger partial charge in [0.2, 0.25) is 0 Å². The molecule has 7 heteroatoms. The van der Waals surface area contributed by atoms with E-state index in [1.807, 2.05) is 7.05 Å². The number of aromatic nitrogens is 1. The minimum absolute atomic E-state index is 0. The first-order valence-corrected chi connectivity index (χ1v) is 10.6. The van der Waals surface area contributed by atoms with Gasteiger partial charge in [-0.1, -0.05) is 30.3 Å². The van der Waals surface area contributed by atoms with Crippen LogP contribution in [-0.4, -0.2) is 49.1 Å². The topological polar surface area (TPSA) is 52.6 Å². The lowest BCUT2D eigenvalue weighted by Gasteiger charge is -2.17. The summed E-state index contributed by atoms with van der Waals surface area (Å²) >= 11 is 1.75. The SMILES string of the molecule is CN=C(NCc1nc(C)c(C)s1)NCC1CCN(CCc2ccccc2)C1.I. The molecule has 0 bridgehead atoms. The Morgan fingerprint density at radius 2 is 2.04 bits per heavy atom. The highest BCUT2D eigenvalue weighted by Crippen LogP contribution is 2.17. The average molecular weight is 513 g/mol. The molecule has 1 aliphatic heterocycles. The zero-order valence-electron chi connectivity index (χ0n) is 17.1. The molecule has 0 saturated carbocycles. The minimum Gasteiger partial charge on any atom is -0.356 e. The van der Waals surface area contributed by atoms with E-state index in [2.05, 4.69) is 69.7 Å². The molecule has 1 atom stereocenters. The smallest absolute Gasteiger partial charge is 0.191 e. The van der Waals surface area contributed by atoms with Crippen molar-refractivity contribution >= 4 is 41.3 Å². The number of benzene rings is 1. The third kappa shape index (κ3) is 7.00. The average Bonchev–Trinajstić information content (AvgIpc) is 3.27. The molecule has 154 valence electrons. The molecule has 1 aliphatic rings. The molecule has 2 N–H and O–H groups in total. The number of likely N-dealkylation sites (tertiary alicyclic amines) is 1. The van der Waals surface area contributed by atoms with Gasteiger partial charge in [-0.15, -0.1) is 35.3 Å². The second-order valence-electron chi connectivity index (χ2n) is 7.25. The van der Waals surface area contributed by atoms with Crippen LogP contribution < -0.4 is 10.6 Å². The van der Waals surface area contributed by atoms with Gasteiger partial charge in [0.25, 0.3) is 0 Å². The Balaban J connectivity index is 0.00000280. The van der Waals surface area contributed by atoms with Gasteiger partial charge in [-0.2, -0.15) is 0 Å². The molecule has 1 aromatic carbocycles. The summed E-state index contributed by atoms with van der Waals surface area (Å²) in [5, 5.41) is 7.98. The molecule has 0 aliphatic carbocycles. The minimum atomic E-state index is 0. The number of guanidine groups is 1. The van der Waals surface area contributed by atoms with Gasteiger partial charge in [-0.3, -0.25) is 4.99 Å². The predicted octanol–water partition coefficient (Wildman–Crippen LogP) is 3.61. The monoisotopic (exact) mass is 513 g/mol. The van der Waals surface area contributed by atoms with E-state index in [1.165, 1.54) is 30.0 Å². The Morgan fingerprint density at radius 1 is 1.25 bits per heavy atom. The summed E-state index contributed by atoms with van der Waals surface area (Å²) in [5.74, 6) is 1.55. The van der Waals surface area contributed by atoms with Gasteiger partial charge < -0.3 is 15.5 Å². The van der Waals surface area contributed by atoms with Gasteiger partial charge in [-0.25, -0.2) is 4.98 Å². The molecule has 1 unspecified atom stereocenters. The van der Waals surface area contributed by atoms with Crippen LogP contribution in [0.4, 0.5) is 0 Å². The van der Waals surface area contributed by atoms with Crippen molar-refractivity contribution < 1.29 is 0 Å². The predicted molar refractivity (Wildman–Crippen MR) is 130 cm³/mol. The summed E-state index contributed by atoms with van der Waals surface area (Å²) in [6.07, 6.45) is 2.39. The molecule has 0 spiro atoms. The maximum Gasteiger partial charge on any atom is 0.191 e. The van der Waals surface area contributed by atoms with Crippen molar-refractivity contribution in [1.82, 2.24) is 20.5 Å². The number of thiazole rings is 1. The lowest BCUT2D eigenvalue weighted by Crippen LogP contribution is -2.40. The van der Waals surface area contributed by atoms with E-state index >= 15 is 0 Å². The Labute approximate surface area is 190 Å². The number of aliphatic imine (C=N–C) groups is 1. The van der Waals surface area contributed by atoms with E-state index in [0.29, 0.717) is 5.92 Å². The fraction of sp³-hybridized carbons (Fsp3) is 0.524. The summed E-state index contributed by atoms with van der Waals surface area (Å²) in [4.78, 5) is 12.8. The first-order valence-electron chi connectivity index (χ1n) is 9.77. The number of halogens is 1. The van der Waals surface area contributed by atoms with Gasteiger partial charge in [-0.05, 0) is 44.7 Å². The Bertz CT molecular complexity index is 727. The number of hydrogen-bond acceptors (Lipinski definition) is 4. The lowest BCUT2D eigenvalue weighted by molar-refractivity contribution is 0.328. The first kappa shape index (κ1) is 23.1. The molecule has 2 heterocycles. The third-order valence-corrected chi connectivity index (χ3v) is 6.26. The second-order valence-corrected chi connectivity index (χ2v) is 8.53. The van der Waals surface area contributed by atoms with Gasteiger partial charge in [0.15, 0.2) is 5.96 Å². The van der Waals surface area contributed by atoms with E-state index < -0.39 is 0 Å². The maximum absolute atomic E-state index is 4.58. The molecular formula is C21H32IN5S. The van der Waals surface area contributed by atoms with Crippen molar-refractivity contribution in [2.75, 3.05) is 33.2 Å². The quantitative estimate of drug-likeness (QED) is 0.338. The van der Waals surface area contributed by atoms with Crippen LogP contribution in [0.5, 0.6) is 0 Å². The highest BCUT2D eigenvalue weighted by molar-refractivity contribution is 14.0. The van der Waals surface area contributed by atoms with Crippen LogP contribution >= 0.6 is 35.3 Å². The van der Waals surface area contributed by atoms with Crippen molar-refractivity contribution in [2.24, 2.45) is 10.9 Å². The highest BCUT2D eigenvalue weighted by Gasteiger charge is 2.22. The van der Waals surface area contributed by atoms with Crippen LogP contribution in [-0.2, 0) is 13.0 Å². The summed E-state index contributed by atoms with van der Waals surface area (Å²) in [7, 11) is 1.83. The van der Waals surface area contributed by atoms with Crippen molar-refractivity contribution in [3.63, 3.8) is 0 Å². The Hall–Kier alpha value is -1.19. The van der Waals surface area contributed by atoms with Gasteiger partial charge in [0.1, 0.15) is 5.01 Å². The number of rotatable bonds is 7. The number of aryl methyl sites for hydroxylation is 2. The first-order chi connectivity index (χ1) is 13.1. The molecule has 5 nitrogen and oxygen atoms in total. The Morgan fingerprint density at radius 3 is 2.71 bits per heavy atom. The zero-order chi connectivity index (χ0) is 19.1. The fourth-order valence-electron chi connectivity index (χ4n) is 3.45. The van der Waals surface area contributed by atoms with Crippen molar-refractivity contribution in [3.8, 4) is 0 Å². The van der Waals surface area contributed by atoms with Crippen molar-refractivity contribution in [1.29, 1.82) is 0 Å². The van der Waals surface area contributed by atoms with E-state index in [1.54, 1.807) is 11.3 Å². The van der Waals surface area contributed by atoms with Crippen LogP contribution in [0.3, 0.4) is 0 Å². The Kier molecular flexibility index (Phi) is 9.67. The maximum atomic E-state index is 4.58. The highest BCUT2D eigenvalue weighted by atomic mass is 127. The van der Waals surface area contributed by atoms with E-state index in [9.17, 15) is 0 Å². The number of hydrogen-bond donors (Lipinski definition) is 2. The van der Waals surface area contributed by atoms with Gasteiger partial charge in [0.05, 0.1) is 12.2 Å². The van der Waals surface area contributed by atoms with E-state index in [-0.39, 0.29) is 24.0 Å². The second kappa shape index (κ2) is 11.7. The molecule has 3 rings (SSSR count). The van der Waals surface area contributed by atoms with Crippen molar-refractivity contribution in [3.05, 3.63) is 51.5 Å². The summed E-state index contributed by atoms with van der Waals surface area (Å²) in [6.45, 7) is 9.39. The van der Waals surface area contributed by atoms with Crippen LogP contribution in [0, 0.1) is 19.8 Å². The molecule has 1 aromatic heterocycles. The molecule has 2 aromatic rings. The summed E-state index contributed by atoms with van der Waals surface area (Å²) < 4.78 is 0. The van der Waals surface area contributed by atoms with Crippen LogP contribution in [0.15, 0.2) is 35.3 Å². The van der Waals surface area contributed by atoms with Crippen LogP contribution in [0.25, 0.3) is 0 Å². The molecule has 0 amide bonds. The normalized spacial score (nSPS) is 17.4. The number of nitrogens with one attached hydrogen (secondary N) is 2.